The number of nitrogens with zero attached hydrogens (tertiary/aromatic N) is 2. The van der Waals surface area contributed by atoms with Crippen LogP contribution < -0.4 is 4.74 Å². The van der Waals surface area contributed by atoms with E-state index in [1.54, 1.807) is 0 Å². The van der Waals surface area contributed by atoms with E-state index < -0.39 is 0 Å². The number of rotatable bonds is 10. The minimum atomic E-state index is 0.509. The van der Waals surface area contributed by atoms with Crippen LogP contribution in [0.3, 0.4) is 0 Å². The molecule has 0 aliphatic rings. The molecular formula is C23H30N2O. The van der Waals surface area contributed by atoms with Gasteiger partial charge in [-0.2, -0.15) is 0 Å². The first-order valence-electron chi connectivity index (χ1n) is 9.92. The topological polar surface area (TPSA) is 27.1 Å². The van der Waals surface area contributed by atoms with E-state index in [4.69, 9.17) is 9.72 Å². The zero-order valence-electron chi connectivity index (χ0n) is 16.1. The first-order chi connectivity index (χ1) is 12.8. The Labute approximate surface area is 157 Å². The largest absolute Gasteiger partial charge is 0.485 e. The summed E-state index contributed by atoms with van der Waals surface area (Å²) in [5.74, 6) is 1.95. The van der Waals surface area contributed by atoms with Crippen LogP contribution in [0.15, 0.2) is 48.5 Å². The molecule has 0 N–H and O–H groups in total. The van der Waals surface area contributed by atoms with E-state index >= 15 is 0 Å². The van der Waals surface area contributed by atoms with E-state index in [0.717, 1.165) is 29.2 Å². The molecule has 0 radical (unpaired) electrons. The molecule has 3 nitrogen and oxygen atoms in total. The third-order valence-corrected chi connectivity index (χ3v) is 4.92. The lowest BCUT2D eigenvalue weighted by molar-refractivity contribution is 0.287. The molecule has 0 unspecified atom stereocenters. The van der Waals surface area contributed by atoms with Gasteiger partial charge >= 0.3 is 0 Å². The molecule has 0 amide bonds. The minimum absolute atomic E-state index is 0.509. The fourth-order valence-electron chi connectivity index (χ4n) is 3.40. The molecular weight excluding hydrogens is 320 g/mol. The number of aromatic nitrogens is 2. The molecule has 0 atom stereocenters. The molecule has 0 aliphatic carbocycles. The van der Waals surface area contributed by atoms with Crippen molar-refractivity contribution in [1.82, 2.24) is 9.55 Å². The fraction of sp³-hybridized carbons (Fsp3) is 0.435. The van der Waals surface area contributed by atoms with Crippen LogP contribution in [0.1, 0.15) is 56.8 Å². The average molecular weight is 351 g/mol. The van der Waals surface area contributed by atoms with E-state index in [1.165, 1.54) is 44.0 Å². The van der Waals surface area contributed by atoms with E-state index in [1.807, 2.05) is 18.2 Å². The maximum atomic E-state index is 6.07. The molecule has 0 spiro atoms. The van der Waals surface area contributed by atoms with Crippen LogP contribution in [0.4, 0.5) is 0 Å². The van der Waals surface area contributed by atoms with Crippen LogP contribution in [0, 0.1) is 6.92 Å². The van der Waals surface area contributed by atoms with Gasteiger partial charge in [-0.15, -0.1) is 0 Å². The SMILES string of the molecule is CCCCCCCCn1c(COc2ccccc2C)nc2ccccc21. The maximum absolute atomic E-state index is 6.07. The van der Waals surface area contributed by atoms with Gasteiger partial charge in [-0.3, -0.25) is 0 Å². The van der Waals surface area contributed by atoms with Crippen LogP contribution in [-0.2, 0) is 13.2 Å². The molecule has 3 rings (SSSR count). The lowest BCUT2D eigenvalue weighted by atomic mass is 10.1. The highest BCUT2D eigenvalue weighted by atomic mass is 16.5. The molecule has 0 fully saturated rings. The number of imidazole rings is 1. The number of fused-ring (bicyclic) bond motifs is 1. The Hall–Kier alpha value is -2.29. The summed E-state index contributed by atoms with van der Waals surface area (Å²) >= 11 is 0. The van der Waals surface area contributed by atoms with Gasteiger partial charge < -0.3 is 9.30 Å². The molecule has 3 aromatic rings. The predicted octanol–water partition coefficient (Wildman–Crippen LogP) is 6.28. The summed E-state index contributed by atoms with van der Waals surface area (Å²) in [6, 6.07) is 16.5. The van der Waals surface area contributed by atoms with E-state index in [9.17, 15) is 0 Å². The molecule has 0 saturated heterocycles. The monoisotopic (exact) mass is 350 g/mol. The Morgan fingerprint density at radius 3 is 2.46 bits per heavy atom. The van der Waals surface area contributed by atoms with Gasteiger partial charge in [-0.1, -0.05) is 69.4 Å². The lowest BCUT2D eigenvalue weighted by Gasteiger charge is -2.12. The van der Waals surface area contributed by atoms with Gasteiger partial charge in [0.05, 0.1) is 11.0 Å². The van der Waals surface area contributed by atoms with Gasteiger partial charge in [-0.05, 0) is 37.1 Å². The molecule has 3 heteroatoms. The summed E-state index contributed by atoms with van der Waals surface area (Å²) in [6.07, 6.45) is 7.81. The maximum Gasteiger partial charge on any atom is 0.147 e. The molecule has 138 valence electrons. The highest BCUT2D eigenvalue weighted by Gasteiger charge is 2.11. The van der Waals surface area contributed by atoms with Gasteiger partial charge in [0.2, 0.25) is 0 Å². The first kappa shape index (κ1) is 18.5. The van der Waals surface area contributed by atoms with Crippen LogP contribution in [-0.4, -0.2) is 9.55 Å². The summed E-state index contributed by atoms with van der Waals surface area (Å²) in [4.78, 5) is 4.82. The average Bonchev–Trinajstić information content (AvgIpc) is 3.01. The van der Waals surface area contributed by atoms with E-state index in [0.29, 0.717) is 6.61 Å². The molecule has 0 saturated carbocycles. The summed E-state index contributed by atoms with van der Waals surface area (Å²) in [5, 5.41) is 0. The third-order valence-electron chi connectivity index (χ3n) is 4.92. The molecule has 1 heterocycles. The number of hydrogen-bond acceptors (Lipinski definition) is 2. The normalized spacial score (nSPS) is 11.2. The summed E-state index contributed by atoms with van der Waals surface area (Å²) in [5.41, 5.74) is 3.43. The van der Waals surface area contributed by atoms with Crippen molar-refractivity contribution in [3.63, 3.8) is 0 Å². The van der Waals surface area contributed by atoms with Gasteiger partial charge in [0.15, 0.2) is 0 Å². The first-order valence-corrected chi connectivity index (χ1v) is 9.92. The summed E-state index contributed by atoms with van der Waals surface area (Å²) in [7, 11) is 0. The van der Waals surface area contributed by atoms with Crippen molar-refractivity contribution >= 4 is 11.0 Å². The second kappa shape index (κ2) is 9.42. The van der Waals surface area contributed by atoms with Crippen molar-refractivity contribution in [3.05, 3.63) is 59.9 Å². The number of para-hydroxylation sites is 3. The van der Waals surface area contributed by atoms with E-state index in [2.05, 4.69) is 48.7 Å². The van der Waals surface area contributed by atoms with Crippen LogP contribution >= 0.6 is 0 Å². The highest BCUT2D eigenvalue weighted by Crippen LogP contribution is 2.21. The van der Waals surface area contributed by atoms with Gasteiger partial charge in [0.1, 0.15) is 18.2 Å². The zero-order valence-corrected chi connectivity index (χ0v) is 16.1. The van der Waals surface area contributed by atoms with Crippen molar-refractivity contribution in [2.75, 3.05) is 0 Å². The second-order valence-corrected chi connectivity index (χ2v) is 6.99. The Kier molecular flexibility index (Phi) is 6.70. The van der Waals surface area contributed by atoms with Crippen LogP contribution in [0.25, 0.3) is 11.0 Å². The number of unbranched alkanes of at least 4 members (excludes halogenated alkanes) is 5. The van der Waals surface area contributed by atoms with Crippen molar-refractivity contribution in [3.8, 4) is 5.75 Å². The Balaban J connectivity index is 1.69. The quantitative estimate of drug-likeness (QED) is 0.402. The number of hydrogen-bond donors (Lipinski definition) is 0. The van der Waals surface area contributed by atoms with Crippen molar-refractivity contribution in [2.24, 2.45) is 0 Å². The molecule has 1 aromatic heterocycles. The zero-order chi connectivity index (χ0) is 18.2. The highest BCUT2D eigenvalue weighted by molar-refractivity contribution is 5.75. The predicted molar refractivity (Wildman–Crippen MR) is 109 cm³/mol. The van der Waals surface area contributed by atoms with Crippen molar-refractivity contribution < 1.29 is 4.74 Å². The van der Waals surface area contributed by atoms with Crippen molar-refractivity contribution in [2.45, 2.75) is 65.5 Å². The van der Waals surface area contributed by atoms with Crippen LogP contribution in [0.5, 0.6) is 5.75 Å². The minimum Gasteiger partial charge on any atom is -0.485 e. The summed E-state index contributed by atoms with van der Waals surface area (Å²) in [6.45, 7) is 5.86. The fourth-order valence-corrected chi connectivity index (χ4v) is 3.40. The molecule has 0 aliphatic heterocycles. The number of benzene rings is 2. The van der Waals surface area contributed by atoms with Crippen LogP contribution in [0.2, 0.25) is 0 Å². The third kappa shape index (κ3) is 4.66. The van der Waals surface area contributed by atoms with Gasteiger partial charge in [0, 0.05) is 6.54 Å². The van der Waals surface area contributed by atoms with Gasteiger partial charge in [-0.25, -0.2) is 4.98 Å². The number of ether oxygens (including phenoxy) is 1. The Bertz CT molecular complexity index is 822. The Morgan fingerprint density at radius 1 is 0.885 bits per heavy atom. The smallest absolute Gasteiger partial charge is 0.147 e. The van der Waals surface area contributed by atoms with Gasteiger partial charge in [0.25, 0.3) is 0 Å². The lowest BCUT2D eigenvalue weighted by Crippen LogP contribution is -2.08. The molecule has 0 bridgehead atoms. The summed E-state index contributed by atoms with van der Waals surface area (Å²) < 4.78 is 8.41. The standard InChI is InChI=1S/C23H30N2O/c1-3-4-5-6-7-12-17-25-21-15-10-9-14-20(21)24-23(25)18-26-22-16-11-8-13-19(22)2/h8-11,13-16H,3-7,12,17-18H2,1-2H3. The molecule has 2 aromatic carbocycles. The molecule has 26 heavy (non-hydrogen) atoms. The van der Waals surface area contributed by atoms with Crippen molar-refractivity contribution in [1.29, 1.82) is 0 Å². The Morgan fingerprint density at radius 2 is 1.62 bits per heavy atom. The van der Waals surface area contributed by atoms with E-state index in [-0.39, 0.29) is 0 Å². The number of aryl methyl sites for hydroxylation is 2. The second-order valence-electron chi connectivity index (χ2n) is 6.99.